The van der Waals surface area contributed by atoms with Crippen LogP contribution in [0.4, 0.5) is 5.69 Å². The first-order valence-corrected chi connectivity index (χ1v) is 6.91. The van der Waals surface area contributed by atoms with Crippen LogP contribution in [0.5, 0.6) is 5.75 Å². The molecule has 1 atom stereocenters. The number of ether oxygens (including phenoxy) is 2. The molecule has 118 valence electrons. The Bertz CT molecular complexity index is 483. The van der Waals surface area contributed by atoms with Crippen molar-refractivity contribution in [1.29, 1.82) is 0 Å². The van der Waals surface area contributed by atoms with Gasteiger partial charge < -0.3 is 14.8 Å². The molecule has 0 heterocycles. The third-order valence-corrected chi connectivity index (χ3v) is 2.77. The van der Waals surface area contributed by atoms with Crippen LogP contribution in [0.25, 0.3) is 0 Å². The number of methoxy groups -OCH3 is 1. The summed E-state index contributed by atoms with van der Waals surface area (Å²) >= 11 is 0. The molecule has 1 unspecified atom stereocenters. The van der Waals surface area contributed by atoms with E-state index < -0.39 is 4.92 Å². The van der Waals surface area contributed by atoms with E-state index in [-0.39, 0.29) is 23.1 Å². The van der Waals surface area contributed by atoms with Crippen LogP contribution in [0.1, 0.15) is 33.3 Å². The number of nitrogens with zero attached hydrogens (tertiary/aromatic N) is 1. The number of nitro groups is 1. The lowest BCUT2D eigenvalue weighted by atomic mass is 10.1. The van der Waals surface area contributed by atoms with Gasteiger partial charge in [-0.3, -0.25) is 10.1 Å². The van der Waals surface area contributed by atoms with Gasteiger partial charge in [-0.1, -0.05) is 6.07 Å². The van der Waals surface area contributed by atoms with Gasteiger partial charge in [0.2, 0.25) is 0 Å². The van der Waals surface area contributed by atoms with Crippen LogP contribution in [0, 0.1) is 10.1 Å². The molecule has 21 heavy (non-hydrogen) atoms. The summed E-state index contributed by atoms with van der Waals surface area (Å²) in [6, 6.07) is 5.03. The SMILES string of the molecule is COCC(C)Oc1ccc(CNC(C)(C)C)cc1[N+](=O)[O-]. The Morgan fingerprint density at radius 2 is 2.05 bits per heavy atom. The summed E-state index contributed by atoms with van der Waals surface area (Å²) in [7, 11) is 1.57. The van der Waals surface area contributed by atoms with E-state index in [9.17, 15) is 10.1 Å². The molecule has 0 bridgehead atoms. The predicted molar refractivity (Wildman–Crippen MR) is 81.7 cm³/mol. The lowest BCUT2D eigenvalue weighted by Crippen LogP contribution is -2.35. The molecule has 1 aromatic rings. The highest BCUT2D eigenvalue weighted by Gasteiger charge is 2.19. The largest absolute Gasteiger partial charge is 0.481 e. The molecule has 0 aliphatic carbocycles. The Kier molecular flexibility index (Phi) is 6.11. The summed E-state index contributed by atoms with van der Waals surface area (Å²) in [5.41, 5.74) is 0.784. The van der Waals surface area contributed by atoms with Crippen molar-refractivity contribution < 1.29 is 14.4 Å². The van der Waals surface area contributed by atoms with E-state index in [0.717, 1.165) is 5.56 Å². The highest BCUT2D eigenvalue weighted by molar-refractivity contribution is 5.48. The molecular weight excluding hydrogens is 272 g/mol. The lowest BCUT2D eigenvalue weighted by Gasteiger charge is -2.20. The summed E-state index contributed by atoms with van der Waals surface area (Å²) < 4.78 is 10.5. The number of hydrogen-bond acceptors (Lipinski definition) is 5. The Labute approximate surface area is 125 Å². The molecule has 0 aliphatic heterocycles. The fourth-order valence-electron chi connectivity index (χ4n) is 1.77. The van der Waals surface area contributed by atoms with Crippen LogP contribution in [-0.4, -0.2) is 30.3 Å². The van der Waals surface area contributed by atoms with E-state index in [1.165, 1.54) is 0 Å². The molecule has 0 aliphatic rings. The minimum Gasteiger partial charge on any atom is -0.481 e. The second-order valence-electron chi connectivity index (χ2n) is 6.05. The molecule has 1 N–H and O–H groups in total. The molecule has 0 aromatic heterocycles. The zero-order valence-electron chi connectivity index (χ0n) is 13.3. The molecule has 0 fully saturated rings. The van der Waals surface area contributed by atoms with Crippen molar-refractivity contribution in [2.75, 3.05) is 13.7 Å². The third kappa shape index (κ3) is 6.10. The van der Waals surface area contributed by atoms with E-state index in [0.29, 0.717) is 13.2 Å². The van der Waals surface area contributed by atoms with Crippen LogP contribution >= 0.6 is 0 Å². The highest BCUT2D eigenvalue weighted by atomic mass is 16.6. The molecule has 0 saturated carbocycles. The number of nitro benzene ring substituents is 1. The third-order valence-electron chi connectivity index (χ3n) is 2.77. The maximum atomic E-state index is 11.2. The zero-order valence-corrected chi connectivity index (χ0v) is 13.3. The molecular formula is C15H24N2O4. The van der Waals surface area contributed by atoms with E-state index >= 15 is 0 Å². The average Bonchev–Trinajstić information content (AvgIpc) is 2.36. The van der Waals surface area contributed by atoms with Crippen molar-refractivity contribution in [2.45, 2.75) is 45.9 Å². The minimum atomic E-state index is -0.421. The number of hydrogen-bond donors (Lipinski definition) is 1. The van der Waals surface area contributed by atoms with E-state index in [1.54, 1.807) is 19.2 Å². The smallest absolute Gasteiger partial charge is 0.311 e. The van der Waals surface area contributed by atoms with Crippen molar-refractivity contribution >= 4 is 5.69 Å². The van der Waals surface area contributed by atoms with Gasteiger partial charge in [-0.2, -0.15) is 0 Å². The van der Waals surface area contributed by atoms with Crippen LogP contribution in [0.3, 0.4) is 0 Å². The molecule has 1 aromatic carbocycles. The van der Waals surface area contributed by atoms with E-state index in [4.69, 9.17) is 9.47 Å². The Morgan fingerprint density at radius 1 is 1.38 bits per heavy atom. The standard InChI is InChI=1S/C15H24N2O4/c1-11(10-20-5)21-14-7-6-12(8-13(14)17(18)19)9-16-15(2,3)4/h6-8,11,16H,9-10H2,1-5H3. The number of rotatable bonds is 7. The molecule has 1 rings (SSSR count). The second-order valence-corrected chi connectivity index (χ2v) is 6.05. The maximum Gasteiger partial charge on any atom is 0.311 e. The summed E-state index contributed by atoms with van der Waals surface area (Å²) in [6.07, 6.45) is -0.243. The summed E-state index contributed by atoms with van der Waals surface area (Å²) in [6.45, 7) is 8.90. The van der Waals surface area contributed by atoms with Crippen molar-refractivity contribution in [3.63, 3.8) is 0 Å². The summed E-state index contributed by atoms with van der Waals surface area (Å²) in [4.78, 5) is 10.8. The second kappa shape index (κ2) is 7.38. The lowest BCUT2D eigenvalue weighted by molar-refractivity contribution is -0.386. The van der Waals surface area contributed by atoms with Crippen LogP contribution < -0.4 is 10.1 Å². The van der Waals surface area contributed by atoms with Gasteiger partial charge in [0.15, 0.2) is 5.75 Å². The van der Waals surface area contributed by atoms with Gasteiger partial charge in [-0.15, -0.1) is 0 Å². The van der Waals surface area contributed by atoms with Crippen molar-refractivity contribution in [2.24, 2.45) is 0 Å². The van der Waals surface area contributed by atoms with Gasteiger partial charge in [-0.25, -0.2) is 0 Å². The van der Waals surface area contributed by atoms with E-state index in [1.807, 2.05) is 33.8 Å². The summed E-state index contributed by atoms with van der Waals surface area (Å²) in [5, 5.41) is 14.5. The first kappa shape index (κ1) is 17.4. The monoisotopic (exact) mass is 296 g/mol. The fraction of sp³-hybridized carbons (Fsp3) is 0.600. The average molecular weight is 296 g/mol. The van der Waals surface area contributed by atoms with Crippen molar-refractivity contribution in [3.8, 4) is 5.75 Å². The predicted octanol–water partition coefficient (Wildman–Crippen LogP) is 2.90. The van der Waals surface area contributed by atoms with Gasteiger partial charge in [0.05, 0.1) is 11.5 Å². The Morgan fingerprint density at radius 3 is 2.57 bits per heavy atom. The molecule has 0 radical (unpaired) electrons. The van der Waals surface area contributed by atoms with Gasteiger partial charge in [0, 0.05) is 25.3 Å². The van der Waals surface area contributed by atoms with Crippen molar-refractivity contribution in [1.82, 2.24) is 5.32 Å². The number of nitrogens with one attached hydrogen (secondary N) is 1. The highest BCUT2D eigenvalue weighted by Crippen LogP contribution is 2.29. The van der Waals surface area contributed by atoms with Gasteiger partial charge in [-0.05, 0) is 39.3 Å². The van der Waals surface area contributed by atoms with Gasteiger partial charge >= 0.3 is 5.69 Å². The van der Waals surface area contributed by atoms with Crippen LogP contribution in [0.15, 0.2) is 18.2 Å². The number of benzene rings is 1. The van der Waals surface area contributed by atoms with Gasteiger partial charge in [0.1, 0.15) is 6.10 Å². The first-order chi connectivity index (χ1) is 9.73. The first-order valence-electron chi connectivity index (χ1n) is 6.91. The zero-order chi connectivity index (χ0) is 16.0. The Balaban J connectivity index is 2.89. The fourth-order valence-corrected chi connectivity index (χ4v) is 1.77. The normalized spacial score (nSPS) is 13.0. The molecule has 6 heteroatoms. The van der Waals surface area contributed by atoms with Crippen LogP contribution in [0.2, 0.25) is 0 Å². The topological polar surface area (TPSA) is 73.6 Å². The minimum absolute atomic E-state index is 0.0221. The molecule has 0 saturated heterocycles. The van der Waals surface area contributed by atoms with Crippen molar-refractivity contribution in [3.05, 3.63) is 33.9 Å². The van der Waals surface area contributed by atoms with E-state index in [2.05, 4.69) is 5.32 Å². The Hall–Kier alpha value is -1.66. The molecule has 0 amide bonds. The quantitative estimate of drug-likeness (QED) is 0.618. The molecule has 6 nitrogen and oxygen atoms in total. The summed E-state index contributed by atoms with van der Waals surface area (Å²) in [5.74, 6) is 0.268. The molecule has 0 spiro atoms. The maximum absolute atomic E-state index is 11.2. The van der Waals surface area contributed by atoms with Gasteiger partial charge in [0.25, 0.3) is 0 Å². The van der Waals surface area contributed by atoms with Crippen LogP contribution in [-0.2, 0) is 11.3 Å².